The minimum atomic E-state index is -0.0294. The summed E-state index contributed by atoms with van der Waals surface area (Å²) in [5.74, 6) is -0.00120. The highest BCUT2D eigenvalue weighted by atomic mass is 35.5. The van der Waals surface area contributed by atoms with Crippen LogP contribution >= 0.6 is 22.9 Å². The van der Waals surface area contributed by atoms with Crippen molar-refractivity contribution >= 4 is 34.5 Å². The van der Waals surface area contributed by atoms with Crippen molar-refractivity contribution in [3.05, 3.63) is 56.7 Å². The molecule has 0 spiro atoms. The molecule has 98 valence electrons. The molecule has 4 heteroatoms. The van der Waals surface area contributed by atoms with Crippen LogP contribution in [0.1, 0.15) is 37.7 Å². The van der Waals surface area contributed by atoms with Crippen LogP contribution < -0.4 is 0 Å². The third-order valence-corrected chi connectivity index (χ3v) is 4.05. The van der Waals surface area contributed by atoms with E-state index in [2.05, 4.69) is 0 Å². The van der Waals surface area contributed by atoms with Gasteiger partial charge in [0, 0.05) is 28.3 Å². The second-order valence-corrected chi connectivity index (χ2v) is 5.99. The summed E-state index contributed by atoms with van der Waals surface area (Å²) >= 11 is 7.23. The Morgan fingerprint density at radius 1 is 1.00 bits per heavy atom. The number of benzene rings is 1. The van der Waals surface area contributed by atoms with Crippen molar-refractivity contribution in [1.29, 1.82) is 0 Å². The zero-order chi connectivity index (χ0) is 13.8. The van der Waals surface area contributed by atoms with Gasteiger partial charge < -0.3 is 0 Å². The molecule has 0 saturated heterocycles. The van der Waals surface area contributed by atoms with Crippen LogP contribution in [0, 0.1) is 6.92 Å². The molecule has 2 rings (SSSR count). The molecule has 19 heavy (non-hydrogen) atoms. The molecular formula is C15H13ClO2S. The van der Waals surface area contributed by atoms with E-state index in [4.69, 9.17) is 11.6 Å². The molecule has 0 aliphatic rings. The zero-order valence-corrected chi connectivity index (χ0v) is 12.1. The minimum Gasteiger partial charge on any atom is -0.294 e. The molecule has 2 aromatic rings. The van der Waals surface area contributed by atoms with Crippen molar-refractivity contribution in [3.63, 3.8) is 0 Å². The molecule has 1 heterocycles. The van der Waals surface area contributed by atoms with Crippen molar-refractivity contribution in [3.8, 4) is 0 Å². The van der Waals surface area contributed by atoms with Crippen LogP contribution in [0.2, 0.25) is 5.02 Å². The van der Waals surface area contributed by atoms with E-state index >= 15 is 0 Å². The number of carbonyl (C=O) groups excluding carboxylic acids is 2. The summed E-state index contributed by atoms with van der Waals surface area (Å²) in [6.07, 6.45) is 0.485. The standard InChI is InChI=1S/C15H13ClO2S/c1-10-2-9-15(19-10)14(18)8-7-13(17)11-3-5-12(16)6-4-11/h2-6,9H,7-8H2,1H3. The molecule has 0 N–H and O–H groups in total. The molecule has 0 aliphatic heterocycles. The van der Waals surface area contributed by atoms with Gasteiger partial charge in [-0.15, -0.1) is 11.3 Å². The van der Waals surface area contributed by atoms with Crippen molar-refractivity contribution in [2.75, 3.05) is 0 Å². The van der Waals surface area contributed by atoms with Gasteiger partial charge in [0.25, 0.3) is 0 Å². The molecule has 1 aromatic heterocycles. The summed E-state index contributed by atoms with van der Waals surface area (Å²) in [7, 11) is 0. The lowest BCUT2D eigenvalue weighted by Crippen LogP contribution is -2.04. The van der Waals surface area contributed by atoms with Gasteiger partial charge in [0.05, 0.1) is 4.88 Å². The maximum Gasteiger partial charge on any atom is 0.173 e. The zero-order valence-electron chi connectivity index (χ0n) is 10.5. The smallest absolute Gasteiger partial charge is 0.173 e. The van der Waals surface area contributed by atoms with Gasteiger partial charge in [0.1, 0.15) is 0 Å². The highest BCUT2D eigenvalue weighted by Crippen LogP contribution is 2.18. The van der Waals surface area contributed by atoms with Crippen LogP contribution in [0.25, 0.3) is 0 Å². The van der Waals surface area contributed by atoms with Gasteiger partial charge in [-0.1, -0.05) is 11.6 Å². The quantitative estimate of drug-likeness (QED) is 0.757. The molecule has 0 aliphatic carbocycles. The van der Waals surface area contributed by atoms with Crippen LogP contribution in [0.5, 0.6) is 0 Å². The number of rotatable bonds is 5. The van der Waals surface area contributed by atoms with Crippen molar-refractivity contribution in [2.24, 2.45) is 0 Å². The van der Waals surface area contributed by atoms with Crippen molar-refractivity contribution in [1.82, 2.24) is 0 Å². The Kier molecular flexibility index (Phi) is 4.51. The highest BCUT2D eigenvalue weighted by Gasteiger charge is 2.12. The van der Waals surface area contributed by atoms with Gasteiger partial charge in [0.2, 0.25) is 0 Å². The molecule has 0 radical (unpaired) electrons. The first-order valence-corrected chi connectivity index (χ1v) is 7.14. The average molecular weight is 293 g/mol. The van der Waals surface area contributed by atoms with Gasteiger partial charge in [-0.2, -0.15) is 0 Å². The van der Waals surface area contributed by atoms with Crippen LogP contribution in [0.4, 0.5) is 0 Å². The third kappa shape index (κ3) is 3.75. The number of ketones is 2. The normalized spacial score (nSPS) is 10.4. The van der Waals surface area contributed by atoms with E-state index < -0.39 is 0 Å². The van der Waals surface area contributed by atoms with Crippen LogP contribution in [0.15, 0.2) is 36.4 Å². The predicted molar refractivity (Wildman–Crippen MR) is 78.4 cm³/mol. The second kappa shape index (κ2) is 6.13. The Bertz CT molecular complexity index is 599. The first-order chi connectivity index (χ1) is 9.06. The van der Waals surface area contributed by atoms with E-state index in [-0.39, 0.29) is 24.4 Å². The lowest BCUT2D eigenvalue weighted by molar-refractivity contribution is 0.0919. The largest absolute Gasteiger partial charge is 0.294 e. The fraction of sp³-hybridized carbons (Fsp3) is 0.200. The number of Topliss-reactive ketones (excluding diaryl/α,β-unsaturated/α-hetero) is 2. The molecule has 0 unspecified atom stereocenters. The first kappa shape index (κ1) is 14.0. The molecule has 1 aromatic carbocycles. The Labute approximate surface area is 121 Å². The summed E-state index contributed by atoms with van der Waals surface area (Å²) in [6, 6.07) is 10.5. The van der Waals surface area contributed by atoms with Crippen LogP contribution in [0.3, 0.4) is 0 Å². The Morgan fingerprint density at radius 2 is 1.63 bits per heavy atom. The van der Waals surface area contributed by atoms with Gasteiger partial charge in [-0.25, -0.2) is 0 Å². The molecule has 0 atom stereocenters. The van der Waals surface area contributed by atoms with E-state index in [9.17, 15) is 9.59 Å². The number of thiophene rings is 1. The minimum absolute atomic E-state index is 0.0282. The monoisotopic (exact) mass is 292 g/mol. The van der Waals surface area contributed by atoms with Crippen LogP contribution in [-0.4, -0.2) is 11.6 Å². The van der Waals surface area contributed by atoms with Gasteiger partial charge in [-0.05, 0) is 43.3 Å². The van der Waals surface area contributed by atoms with Crippen molar-refractivity contribution in [2.45, 2.75) is 19.8 Å². The Morgan fingerprint density at radius 3 is 2.21 bits per heavy atom. The Balaban J connectivity index is 1.93. The SMILES string of the molecule is Cc1ccc(C(=O)CCC(=O)c2ccc(Cl)cc2)s1. The third-order valence-electron chi connectivity index (χ3n) is 2.76. The number of halogens is 1. The van der Waals surface area contributed by atoms with E-state index in [0.717, 1.165) is 9.75 Å². The Hall–Kier alpha value is -1.45. The van der Waals surface area contributed by atoms with Gasteiger partial charge >= 0.3 is 0 Å². The average Bonchev–Trinajstić information content (AvgIpc) is 2.83. The van der Waals surface area contributed by atoms with Crippen molar-refractivity contribution < 1.29 is 9.59 Å². The topological polar surface area (TPSA) is 34.1 Å². The fourth-order valence-electron chi connectivity index (χ4n) is 1.71. The number of aryl methyl sites for hydroxylation is 1. The van der Waals surface area contributed by atoms with E-state index in [1.807, 2.05) is 19.1 Å². The number of carbonyl (C=O) groups is 2. The van der Waals surface area contributed by atoms with E-state index in [1.165, 1.54) is 11.3 Å². The summed E-state index contributed by atoms with van der Waals surface area (Å²) in [5.41, 5.74) is 0.597. The van der Waals surface area contributed by atoms with Gasteiger partial charge in [0.15, 0.2) is 11.6 Å². The van der Waals surface area contributed by atoms with Gasteiger partial charge in [-0.3, -0.25) is 9.59 Å². The summed E-state index contributed by atoms with van der Waals surface area (Å²) in [6.45, 7) is 1.96. The first-order valence-electron chi connectivity index (χ1n) is 5.94. The fourth-order valence-corrected chi connectivity index (χ4v) is 2.68. The van der Waals surface area contributed by atoms with E-state index in [0.29, 0.717) is 10.6 Å². The highest BCUT2D eigenvalue weighted by molar-refractivity contribution is 7.14. The summed E-state index contributed by atoms with van der Waals surface area (Å²) in [5, 5.41) is 0.599. The molecule has 0 saturated carbocycles. The van der Waals surface area contributed by atoms with Crippen LogP contribution in [-0.2, 0) is 0 Å². The maximum absolute atomic E-state index is 11.9. The molecule has 0 bridgehead atoms. The number of hydrogen-bond donors (Lipinski definition) is 0. The lowest BCUT2D eigenvalue weighted by Gasteiger charge is -2.00. The number of hydrogen-bond acceptors (Lipinski definition) is 3. The lowest BCUT2D eigenvalue weighted by atomic mass is 10.0. The van der Waals surface area contributed by atoms with E-state index in [1.54, 1.807) is 24.3 Å². The second-order valence-electron chi connectivity index (χ2n) is 4.26. The molecule has 0 amide bonds. The summed E-state index contributed by atoms with van der Waals surface area (Å²) < 4.78 is 0. The maximum atomic E-state index is 11.9. The molecule has 0 fully saturated rings. The molecular weight excluding hydrogens is 280 g/mol. The molecule has 2 nitrogen and oxygen atoms in total. The summed E-state index contributed by atoms with van der Waals surface area (Å²) in [4.78, 5) is 25.6. The predicted octanol–water partition coefficient (Wildman–Crippen LogP) is 4.56.